The highest BCUT2D eigenvalue weighted by molar-refractivity contribution is 5.84. The van der Waals surface area contributed by atoms with E-state index >= 15 is 0 Å². The van der Waals surface area contributed by atoms with Crippen LogP contribution in [0.5, 0.6) is 11.5 Å². The minimum atomic E-state index is 0.214. The zero-order chi connectivity index (χ0) is 17.4. The SMILES string of the molecule is CC[NH+](CC)[C@H](CN=Cc1cc(OC)ccc1O)c1ccccc1. The lowest BCUT2D eigenvalue weighted by Crippen LogP contribution is -3.12. The summed E-state index contributed by atoms with van der Waals surface area (Å²) in [6.07, 6.45) is 1.73. The van der Waals surface area contributed by atoms with Crippen molar-refractivity contribution in [3.05, 3.63) is 59.7 Å². The van der Waals surface area contributed by atoms with Gasteiger partial charge in [0.15, 0.2) is 0 Å². The van der Waals surface area contributed by atoms with Crippen LogP contribution >= 0.6 is 0 Å². The molecule has 0 saturated carbocycles. The molecular formula is C20H27N2O2+. The highest BCUT2D eigenvalue weighted by Crippen LogP contribution is 2.21. The molecule has 0 aliphatic carbocycles. The summed E-state index contributed by atoms with van der Waals surface area (Å²) >= 11 is 0. The molecule has 128 valence electrons. The highest BCUT2D eigenvalue weighted by Gasteiger charge is 2.20. The second-order valence-corrected chi connectivity index (χ2v) is 5.75. The first-order valence-electron chi connectivity index (χ1n) is 8.45. The van der Waals surface area contributed by atoms with Gasteiger partial charge in [-0.15, -0.1) is 0 Å². The van der Waals surface area contributed by atoms with Crippen molar-refractivity contribution in [3.8, 4) is 11.5 Å². The first kappa shape index (κ1) is 18.0. The van der Waals surface area contributed by atoms with Crippen LogP contribution in [0.2, 0.25) is 0 Å². The molecule has 4 heteroatoms. The maximum absolute atomic E-state index is 9.96. The third-order valence-electron chi connectivity index (χ3n) is 4.36. The van der Waals surface area contributed by atoms with Crippen molar-refractivity contribution in [1.82, 2.24) is 0 Å². The summed E-state index contributed by atoms with van der Waals surface area (Å²) in [4.78, 5) is 6.10. The number of hydrogen-bond acceptors (Lipinski definition) is 3. The van der Waals surface area contributed by atoms with Gasteiger partial charge >= 0.3 is 0 Å². The second-order valence-electron chi connectivity index (χ2n) is 5.75. The number of nitrogens with one attached hydrogen (secondary N) is 1. The predicted octanol–water partition coefficient (Wildman–Crippen LogP) is 2.49. The molecule has 2 aromatic rings. The maximum Gasteiger partial charge on any atom is 0.133 e. The quantitative estimate of drug-likeness (QED) is 0.732. The van der Waals surface area contributed by atoms with Crippen LogP contribution in [0, 0.1) is 0 Å². The Bertz CT molecular complexity index is 652. The molecule has 24 heavy (non-hydrogen) atoms. The van der Waals surface area contributed by atoms with Gasteiger partial charge in [-0.25, -0.2) is 0 Å². The standard InChI is InChI=1S/C20H26N2O2/c1-4-22(5-2)19(16-9-7-6-8-10-16)15-21-14-17-13-18(24-3)11-12-20(17)23/h6-14,19,23H,4-5,15H2,1-3H3/p+1/t19-/m1/s1. The Morgan fingerprint density at radius 2 is 1.83 bits per heavy atom. The molecule has 0 fully saturated rings. The van der Waals surface area contributed by atoms with E-state index in [4.69, 9.17) is 4.74 Å². The highest BCUT2D eigenvalue weighted by atomic mass is 16.5. The smallest absolute Gasteiger partial charge is 0.133 e. The van der Waals surface area contributed by atoms with Gasteiger partial charge in [0, 0.05) is 17.3 Å². The average Bonchev–Trinajstić information content (AvgIpc) is 2.63. The van der Waals surface area contributed by atoms with Gasteiger partial charge in [-0.05, 0) is 32.0 Å². The molecule has 0 radical (unpaired) electrons. The summed E-state index contributed by atoms with van der Waals surface area (Å²) < 4.78 is 5.20. The van der Waals surface area contributed by atoms with E-state index in [-0.39, 0.29) is 5.75 Å². The summed E-state index contributed by atoms with van der Waals surface area (Å²) in [5, 5.41) is 9.96. The van der Waals surface area contributed by atoms with E-state index < -0.39 is 0 Å². The molecule has 2 N–H and O–H groups in total. The normalized spacial score (nSPS) is 12.7. The third-order valence-corrected chi connectivity index (χ3v) is 4.36. The first-order chi connectivity index (χ1) is 11.7. The zero-order valence-corrected chi connectivity index (χ0v) is 14.7. The Morgan fingerprint density at radius 1 is 1.12 bits per heavy atom. The monoisotopic (exact) mass is 327 g/mol. The number of benzene rings is 2. The van der Waals surface area contributed by atoms with Crippen LogP contribution in [0.1, 0.15) is 31.0 Å². The summed E-state index contributed by atoms with van der Waals surface area (Å²) in [6.45, 7) is 7.18. The number of phenolic OH excluding ortho intramolecular Hbond substituents is 1. The number of likely N-dealkylation sites (N-methyl/N-ethyl adjacent to an activating group) is 1. The minimum absolute atomic E-state index is 0.214. The Balaban J connectivity index is 2.18. The summed E-state index contributed by atoms with van der Waals surface area (Å²) in [5.74, 6) is 0.925. The number of rotatable bonds is 8. The lowest BCUT2D eigenvalue weighted by Gasteiger charge is -2.25. The molecule has 0 aromatic heterocycles. The van der Waals surface area contributed by atoms with Crippen LogP contribution in [0.15, 0.2) is 53.5 Å². The van der Waals surface area contributed by atoms with Crippen molar-refractivity contribution in [2.75, 3.05) is 26.7 Å². The number of aromatic hydroxyl groups is 1. The minimum Gasteiger partial charge on any atom is -0.507 e. The number of hydrogen-bond donors (Lipinski definition) is 2. The van der Waals surface area contributed by atoms with Crippen LogP contribution in [0.3, 0.4) is 0 Å². The van der Waals surface area contributed by atoms with Crippen molar-refractivity contribution in [2.45, 2.75) is 19.9 Å². The molecule has 2 aromatic carbocycles. The van der Waals surface area contributed by atoms with E-state index in [9.17, 15) is 5.11 Å². The Hall–Kier alpha value is -2.33. The van der Waals surface area contributed by atoms with E-state index in [1.807, 2.05) is 6.07 Å². The molecule has 4 nitrogen and oxygen atoms in total. The fourth-order valence-corrected chi connectivity index (χ4v) is 2.92. The van der Waals surface area contributed by atoms with Gasteiger partial charge in [-0.3, -0.25) is 4.99 Å². The fourth-order valence-electron chi connectivity index (χ4n) is 2.92. The lowest BCUT2D eigenvalue weighted by molar-refractivity contribution is -0.926. The first-order valence-corrected chi connectivity index (χ1v) is 8.45. The van der Waals surface area contributed by atoms with Gasteiger partial charge in [-0.1, -0.05) is 30.3 Å². The average molecular weight is 327 g/mol. The van der Waals surface area contributed by atoms with Gasteiger partial charge < -0.3 is 14.7 Å². The molecule has 1 atom stereocenters. The van der Waals surface area contributed by atoms with E-state index in [0.29, 0.717) is 23.9 Å². The predicted molar refractivity (Wildman–Crippen MR) is 98.3 cm³/mol. The molecule has 2 rings (SSSR count). The number of ether oxygens (including phenoxy) is 1. The van der Waals surface area contributed by atoms with E-state index in [0.717, 1.165) is 13.1 Å². The largest absolute Gasteiger partial charge is 0.507 e. The van der Waals surface area contributed by atoms with Gasteiger partial charge in [0.25, 0.3) is 0 Å². The van der Waals surface area contributed by atoms with Crippen molar-refractivity contribution in [1.29, 1.82) is 0 Å². The van der Waals surface area contributed by atoms with Crippen LogP contribution < -0.4 is 9.64 Å². The van der Waals surface area contributed by atoms with Crippen molar-refractivity contribution in [2.24, 2.45) is 4.99 Å². The van der Waals surface area contributed by atoms with Gasteiger partial charge in [0.05, 0.1) is 26.7 Å². The summed E-state index contributed by atoms with van der Waals surface area (Å²) in [7, 11) is 1.61. The van der Waals surface area contributed by atoms with Crippen LogP contribution in [0.25, 0.3) is 0 Å². The zero-order valence-electron chi connectivity index (χ0n) is 14.7. The Kier molecular flexibility index (Phi) is 6.82. The van der Waals surface area contributed by atoms with Crippen LogP contribution in [0.4, 0.5) is 0 Å². The summed E-state index contributed by atoms with van der Waals surface area (Å²) in [6, 6.07) is 16.0. The molecule has 0 saturated heterocycles. The van der Waals surface area contributed by atoms with Crippen LogP contribution in [-0.2, 0) is 0 Å². The van der Waals surface area contributed by atoms with E-state index in [2.05, 4.69) is 43.1 Å². The molecule has 0 aliphatic rings. The van der Waals surface area contributed by atoms with Gasteiger partial charge in [0.2, 0.25) is 0 Å². The van der Waals surface area contributed by atoms with Crippen molar-refractivity contribution >= 4 is 6.21 Å². The maximum atomic E-state index is 9.96. The lowest BCUT2D eigenvalue weighted by atomic mass is 10.1. The molecule has 0 aliphatic heterocycles. The van der Waals surface area contributed by atoms with Crippen molar-refractivity contribution in [3.63, 3.8) is 0 Å². The number of phenols is 1. The molecule has 0 amide bonds. The molecule has 0 heterocycles. The van der Waals surface area contributed by atoms with Crippen LogP contribution in [-0.4, -0.2) is 38.1 Å². The van der Waals surface area contributed by atoms with Gasteiger partial charge in [0.1, 0.15) is 17.5 Å². The molecule has 0 bridgehead atoms. The molecular weight excluding hydrogens is 300 g/mol. The number of quaternary nitrogens is 1. The third kappa shape index (κ3) is 4.59. The van der Waals surface area contributed by atoms with E-state index in [1.54, 1.807) is 31.5 Å². The number of nitrogens with zero attached hydrogens (tertiary/aromatic N) is 1. The number of methoxy groups -OCH3 is 1. The van der Waals surface area contributed by atoms with Gasteiger partial charge in [-0.2, -0.15) is 0 Å². The van der Waals surface area contributed by atoms with Crippen molar-refractivity contribution < 1.29 is 14.7 Å². The Labute approximate surface area is 144 Å². The number of aliphatic imine (C=N–C) groups is 1. The topological polar surface area (TPSA) is 46.3 Å². The Morgan fingerprint density at radius 3 is 2.46 bits per heavy atom. The second kappa shape index (κ2) is 9.08. The summed E-state index contributed by atoms with van der Waals surface area (Å²) in [5.41, 5.74) is 1.97. The fraction of sp³-hybridized carbons (Fsp3) is 0.350. The van der Waals surface area contributed by atoms with E-state index in [1.165, 1.54) is 10.5 Å². The molecule has 0 spiro atoms. The molecule has 0 unspecified atom stereocenters.